The first kappa shape index (κ1) is 14.5. The van der Waals surface area contributed by atoms with Crippen LogP contribution in [0.15, 0.2) is 12.1 Å². The van der Waals surface area contributed by atoms with Gasteiger partial charge in [0, 0.05) is 19.7 Å². The molecule has 20 heavy (non-hydrogen) atoms. The summed E-state index contributed by atoms with van der Waals surface area (Å²) in [5.41, 5.74) is 2.35. The fourth-order valence-electron chi connectivity index (χ4n) is 2.33. The molecule has 1 aromatic heterocycles. The van der Waals surface area contributed by atoms with Crippen LogP contribution in [0.4, 0.5) is 17.3 Å². The van der Waals surface area contributed by atoms with Gasteiger partial charge in [-0.2, -0.15) is 0 Å². The van der Waals surface area contributed by atoms with Crippen molar-refractivity contribution in [1.29, 1.82) is 0 Å². The molecule has 1 aromatic rings. The smallest absolute Gasteiger partial charge is 0.276 e. The molecule has 1 saturated heterocycles. The van der Waals surface area contributed by atoms with E-state index in [2.05, 4.69) is 10.4 Å². The zero-order valence-corrected chi connectivity index (χ0v) is 11.4. The van der Waals surface area contributed by atoms with Crippen LogP contribution in [0.25, 0.3) is 0 Å². The highest BCUT2D eigenvalue weighted by molar-refractivity contribution is 5.55. The number of ether oxygens (including phenoxy) is 1. The molecule has 0 unspecified atom stereocenters. The number of piperidine rings is 1. The van der Waals surface area contributed by atoms with Gasteiger partial charge in [0.25, 0.3) is 5.69 Å². The van der Waals surface area contributed by atoms with E-state index in [1.807, 2.05) is 11.8 Å². The van der Waals surface area contributed by atoms with E-state index < -0.39 is 4.92 Å². The third kappa shape index (κ3) is 3.34. The number of nitro groups is 1. The van der Waals surface area contributed by atoms with Crippen molar-refractivity contribution >= 4 is 17.3 Å². The van der Waals surface area contributed by atoms with Crippen LogP contribution < -0.4 is 16.2 Å². The number of rotatable bonds is 5. The summed E-state index contributed by atoms with van der Waals surface area (Å²) in [6.07, 6.45) is 2.05. The number of hydrogen-bond donors (Lipinski definition) is 2. The van der Waals surface area contributed by atoms with Crippen LogP contribution in [0.5, 0.6) is 0 Å². The molecule has 0 amide bonds. The average Bonchev–Trinajstić information content (AvgIpc) is 2.47. The van der Waals surface area contributed by atoms with Gasteiger partial charge in [0.05, 0.1) is 23.2 Å². The lowest BCUT2D eigenvalue weighted by Crippen LogP contribution is -2.37. The molecule has 0 atom stereocenters. The molecule has 0 bridgehead atoms. The van der Waals surface area contributed by atoms with Gasteiger partial charge in [-0.1, -0.05) is 0 Å². The fraction of sp³-hybridized carbons (Fsp3) is 0.583. The van der Waals surface area contributed by atoms with Crippen molar-refractivity contribution in [3.63, 3.8) is 0 Å². The zero-order valence-electron chi connectivity index (χ0n) is 11.4. The number of hydrazine groups is 1. The summed E-state index contributed by atoms with van der Waals surface area (Å²) < 4.78 is 5.59. The fourth-order valence-corrected chi connectivity index (χ4v) is 2.33. The number of nitrogen functional groups attached to an aromatic ring is 1. The first-order valence-electron chi connectivity index (χ1n) is 6.63. The molecule has 0 saturated carbocycles. The lowest BCUT2D eigenvalue weighted by atomic mass is 10.1. The van der Waals surface area contributed by atoms with Crippen LogP contribution in [-0.2, 0) is 4.74 Å². The van der Waals surface area contributed by atoms with E-state index in [1.165, 1.54) is 12.1 Å². The number of nitrogens with two attached hydrogens (primary N) is 1. The first-order chi connectivity index (χ1) is 9.63. The second-order valence-corrected chi connectivity index (χ2v) is 4.61. The van der Waals surface area contributed by atoms with Crippen molar-refractivity contribution < 1.29 is 9.66 Å². The molecule has 0 aliphatic carbocycles. The molecule has 3 N–H and O–H groups in total. The van der Waals surface area contributed by atoms with Crippen molar-refractivity contribution in [1.82, 2.24) is 4.98 Å². The lowest BCUT2D eigenvalue weighted by molar-refractivity contribution is -0.384. The Kier molecular flexibility index (Phi) is 4.70. The minimum Gasteiger partial charge on any atom is -0.378 e. The highest BCUT2D eigenvalue weighted by atomic mass is 16.6. The minimum atomic E-state index is -0.445. The number of pyridine rings is 1. The van der Waals surface area contributed by atoms with Crippen molar-refractivity contribution in [3.8, 4) is 0 Å². The second kappa shape index (κ2) is 6.49. The van der Waals surface area contributed by atoms with Gasteiger partial charge in [-0.3, -0.25) is 10.1 Å². The van der Waals surface area contributed by atoms with Crippen LogP contribution in [0.3, 0.4) is 0 Å². The number of nitrogens with zero attached hydrogens (tertiary/aromatic N) is 3. The molecular weight excluding hydrogens is 262 g/mol. The number of nitrogens with one attached hydrogen (secondary N) is 1. The van der Waals surface area contributed by atoms with Gasteiger partial charge in [0.15, 0.2) is 0 Å². The van der Waals surface area contributed by atoms with Crippen LogP contribution in [0.1, 0.15) is 19.8 Å². The predicted molar refractivity (Wildman–Crippen MR) is 75.6 cm³/mol. The molecule has 0 radical (unpaired) electrons. The Labute approximate surface area is 117 Å². The molecule has 0 aromatic carbocycles. The van der Waals surface area contributed by atoms with E-state index in [0.29, 0.717) is 18.2 Å². The van der Waals surface area contributed by atoms with E-state index >= 15 is 0 Å². The van der Waals surface area contributed by atoms with Gasteiger partial charge < -0.3 is 15.1 Å². The van der Waals surface area contributed by atoms with E-state index in [-0.39, 0.29) is 11.8 Å². The van der Waals surface area contributed by atoms with Crippen LogP contribution in [0, 0.1) is 10.1 Å². The van der Waals surface area contributed by atoms with Gasteiger partial charge in [0.2, 0.25) is 0 Å². The summed E-state index contributed by atoms with van der Waals surface area (Å²) in [5, 5.41) is 10.9. The monoisotopic (exact) mass is 281 g/mol. The lowest BCUT2D eigenvalue weighted by Gasteiger charge is -2.32. The maximum absolute atomic E-state index is 10.9. The maximum Gasteiger partial charge on any atom is 0.276 e. The standard InChI is InChI=1S/C12H19N5O3/c1-2-20-10-3-5-16(6-4-10)12-8-9(17(18)19)7-11(14-12)15-13/h7-8,10H,2-6,13H2,1H3,(H,14,15). The Balaban J connectivity index is 2.12. The molecule has 2 rings (SSSR count). The Bertz CT molecular complexity index is 474. The van der Waals surface area contributed by atoms with Crippen LogP contribution in [0.2, 0.25) is 0 Å². The summed E-state index contributed by atoms with van der Waals surface area (Å²) in [4.78, 5) is 16.8. The van der Waals surface area contributed by atoms with Gasteiger partial charge >= 0.3 is 0 Å². The predicted octanol–water partition coefficient (Wildman–Crippen LogP) is 1.28. The van der Waals surface area contributed by atoms with Gasteiger partial charge in [0.1, 0.15) is 11.6 Å². The molecule has 1 aliphatic rings. The third-order valence-electron chi connectivity index (χ3n) is 3.32. The molecule has 8 nitrogen and oxygen atoms in total. The van der Waals surface area contributed by atoms with Crippen molar-refractivity contribution in [3.05, 3.63) is 22.2 Å². The van der Waals surface area contributed by atoms with Crippen molar-refractivity contribution in [2.24, 2.45) is 5.84 Å². The van der Waals surface area contributed by atoms with Crippen LogP contribution >= 0.6 is 0 Å². The molecule has 8 heteroatoms. The van der Waals surface area contributed by atoms with Crippen LogP contribution in [-0.4, -0.2) is 35.7 Å². The number of hydrogen-bond acceptors (Lipinski definition) is 7. The van der Waals surface area contributed by atoms with E-state index in [1.54, 1.807) is 0 Å². The Morgan fingerprint density at radius 1 is 1.55 bits per heavy atom. The SMILES string of the molecule is CCOC1CCN(c2cc([N+](=O)[O-])cc(NN)n2)CC1. The van der Waals surface area contributed by atoms with Gasteiger partial charge in [-0.05, 0) is 19.8 Å². The Morgan fingerprint density at radius 2 is 2.25 bits per heavy atom. The third-order valence-corrected chi connectivity index (χ3v) is 3.32. The van der Waals surface area contributed by atoms with E-state index in [9.17, 15) is 10.1 Å². The van der Waals surface area contributed by atoms with Gasteiger partial charge in [-0.25, -0.2) is 10.8 Å². The normalized spacial score (nSPS) is 16.2. The van der Waals surface area contributed by atoms with E-state index in [0.717, 1.165) is 25.9 Å². The van der Waals surface area contributed by atoms with Crippen molar-refractivity contribution in [2.75, 3.05) is 30.0 Å². The molecule has 2 heterocycles. The van der Waals surface area contributed by atoms with Crippen molar-refractivity contribution in [2.45, 2.75) is 25.9 Å². The second-order valence-electron chi connectivity index (χ2n) is 4.61. The largest absolute Gasteiger partial charge is 0.378 e. The summed E-state index contributed by atoms with van der Waals surface area (Å²) in [6, 6.07) is 2.79. The summed E-state index contributed by atoms with van der Waals surface area (Å²) in [6.45, 7) is 4.22. The highest BCUT2D eigenvalue weighted by Crippen LogP contribution is 2.25. The molecule has 0 spiro atoms. The molecule has 110 valence electrons. The van der Waals surface area contributed by atoms with Gasteiger partial charge in [-0.15, -0.1) is 0 Å². The molecule has 1 aliphatic heterocycles. The Hall–Kier alpha value is -1.93. The van der Waals surface area contributed by atoms with E-state index in [4.69, 9.17) is 10.6 Å². The Morgan fingerprint density at radius 3 is 2.80 bits per heavy atom. The summed E-state index contributed by atoms with van der Waals surface area (Å²) in [5.74, 6) is 6.17. The first-order valence-corrected chi connectivity index (χ1v) is 6.63. The maximum atomic E-state index is 10.9. The number of anilines is 2. The quantitative estimate of drug-likeness (QED) is 0.475. The summed E-state index contributed by atoms with van der Waals surface area (Å²) >= 11 is 0. The zero-order chi connectivity index (χ0) is 14.5. The molecular formula is C12H19N5O3. The minimum absolute atomic E-state index is 0.0186. The molecule has 1 fully saturated rings. The topological polar surface area (TPSA) is 107 Å². The summed E-state index contributed by atoms with van der Waals surface area (Å²) in [7, 11) is 0. The average molecular weight is 281 g/mol. The highest BCUT2D eigenvalue weighted by Gasteiger charge is 2.22. The number of aromatic nitrogens is 1.